The Morgan fingerprint density at radius 1 is 0.692 bits per heavy atom. The molecule has 0 aliphatic heterocycles. The van der Waals surface area contributed by atoms with Crippen molar-refractivity contribution < 1.29 is 4.74 Å². The monoisotopic (exact) mass is 339 g/mol. The van der Waals surface area contributed by atoms with Crippen molar-refractivity contribution in [3.63, 3.8) is 0 Å². The smallest absolute Gasteiger partial charge is 0.119 e. The molecule has 0 spiro atoms. The van der Waals surface area contributed by atoms with Crippen molar-refractivity contribution in [2.24, 2.45) is 0 Å². The first kappa shape index (κ1) is 16.3. The van der Waals surface area contributed by atoms with E-state index in [-0.39, 0.29) is 0 Å². The molecule has 128 valence electrons. The number of aromatic nitrogens is 1. The summed E-state index contributed by atoms with van der Waals surface area (Å²) in [6, 6.07) is 29.2. The van der Waals surface area contributed by atoms with Gasteiger partial charge >= 0.3 is 0 Å². The summed E-state index contributed by atoms with van der Waals surface area (Å²) in [5, 5.41) is 2.46. The van der Waals surface area contributed by atoms with Crippen molar-refractivity contribution in [1.82, 2.24) is 4.98 Å². The third kappa shape index (κ3) is 3.92. The summed E-state index contributed by atoms with van der Waals surface area (Å²) in [6.45, 7) is 0.689. The van der Waals surface area contributed by atoms with Crippen LogP contribution in [-0.4, -0.2) is 11.6 Å². The maximum atomic E-state index is 5.87. The second-order valence-corrected chi connectivity index (χ2v) is 6.38. The molecule has 1 aromatic heterocycles. The van der Waals surface area contributed by atoms with Crippen LogP contribution in [0.4, 0.5) is 0 Å². The van der Waals surface area contributed by atoms with Crippen LogP contribution in [0.2, 0.25) is 0 Å². The number of fused-ring (bicyclic) bond motifs is 1. The van der Waals surface area contributed by atoms with Gasteiger partial charge in [0, 0.05) is 24.4 Å². The highest BCUT2D eigenvalue weighted by Gasteiger charge is 2.04. The van der Waals surface area contributed by atoms with E-state index in [1.165, 1.54) is 21.9 Å². The number of pyridine rings is 1. The maximum Gasteiger partial charge on any atom is 0.119 e. The number of benzene rings is 3. The van der Waals surface area contributed by atoms with E-state index in [4.69, 9.17) is 4.74 Å². The van der Waals surface area contributed by atoms with E-state index in [1.54, 1.807) is 0 Å². The fourth-order valence-corrected chi connectivity index (χ4v) is 3.15. The highest BCUT2D eigenvalue weighted by Crippen LogP contribution is 2.20. The van der Waals surface area contributed by atoms with E-state index in [0.717, 1.165) is 24.3 Å². The van der Waals surface area contributed by atoms with Gasteiger partial charge in [0.05, 0.1) is 12.3 Å². The van der Waals surface area contributed by atoms with Crippen LogP contribution in [0.5, 0.6) is 5.75 Å². The van der Waals surface area contributed by atoms with Gasteiger partial charge in [-0.2, -0.15) is 0 Å². The lowest BCUT2D eigenvalue weighted by atomic mass is 10.0. The minimum atomic E-state index is 0.689. The Hall–Kier alpha value is -3.13. The Balaban J connectivity index is 1.39. The molecule has 0 radical (unpaired) electrons. The lowest BCUT2D eigenvalue weighted by Gasteiger charge is -2.08. The van der Waals surface area contributed by atoms with Crippen LogP contribution in [0, 0.1) is 0 Å². The lowest BCUT2D eigenvalue weighted by molar-refractivity contribution is 0.322. The molecule has 26 heavy (non-hydrogen) atoms. The summed E-state index contributed by atoms with van der Waals surface area (Å²) in [5.41, 5.74) is 3.65. The molecule has 4 aromatic rings. The van der Waals surface area contributed by atoms with Gasteiger partial charge in [0.2, 0.25) is 0 Å². The molecule has 2 nitrogen and oxygen atoms in total. The van der Waals surface area contributed by atoms with Crippen LogP contribution in [0.25, 0.3) is 10.8 Å². The predicted molar refractivity (Wildman–Crippen MR) is 107 cm³/mol. The van der Waals surface area contributed by atoms with E-state index in [0.29, 0.717) is 6.61 Å². The first-order valence-corrected chi connectivity index (χ1v) is 8.97. The fraction of sp³-hybridized carbons (Fsp3) is 0.125. The molecular weight excluding hydrogens is 318 g/mol. The first-order valence-electron chi connectivity index (χ1n) is 8.97. The van der Waals surface area contributed by atoms with E-state index in [9.17, 15) is 0 Å². The largest absolute Gasteiger partial charge is 0.493 e. The molecule has 0 unspecified atom stereocenters. The molecule has 0 amide bonds. The van der Waals surface area contributed by atoms with Gasteiger partial charge in [0.25, 0.3) is 0 Å². The Bertz CT molecular complexity index is 972. The second kappa shape index (κ2) is 7.83. The summed E-state index contributed by atoms with van der Waals surface area (Å²) < 4.78 is 5.87. The molecule has 0 aliphatic carbocycles. The number of rotatable bonds is 6. The summed E-state index contributed by atoms with van der Waals surface area (Å²) in [4.78, 5) is 4.58. The zero-order chi connectivity index (χ0) is 17.6. The third-order valence-corrected chi connectivity index (χ3v) is 4.55. The summed E-state index contributed by atoms with van der Waals surface area (Å²) in [5.74, 6) is 0.913. The van der Waals surface area contributed by atoms with Crippen molar-refractivity contribution in [1.29, 1.82) is 0 Å². The molecule has 0 saturated carbocycles. The SMILES string of the molecule is c1ccc(CCOc2ccc(Cc3nccc4ccccc34)cc2)cc1. The molecule has 0 aliphatic rings. The van der Waals surface area contributed by atoms with E-state index in [2.05, 4.69) is 71.7 Å². The van der Waals surface area contributed by atoms with E-state index in [1.807, 2.05) is 24.4 Å². The Labute approximate surface area is 154 Å². The van der Waals surface area contributed by atoms with Crippen LogP contribution in [0.3, 0.4) is 0 Å². The second-order valence-electron chi connectivity index (χ2n) is 6.38. The van der Waals surface area contributed by atoms with Crippen LogP contribution in [-0.2, 0) is 12.8 Å². The number of hydrogen-bond acceptors (Lipinski definition) is 2. The normalized spacial score (nSPS) is 10.8. The molecular formula is C24H21NO. The summed E-state index contributed by atoms with van der Waals surface area (Å²) in [6.07, 6.45) is 3.63. The Morgan fingerprint density at radius 3 is 2.31 bits per heavy atom. The van der Waals surface area contributed by atoms with Crippen LogP contribution in [0.15, 0.2) is 91.1 Å². The molecule has 0 fully saturated rings. The van der Waals surface area contributed by atoms with E-state index >= 15 is 0 Å². The minimum absolute atomic E-state index is 0.689. The number of ether oxygens (including phenoxy) is 1. The average molecular weight is 339 g/mol. The maximum absolute atomic E-state index is 5.87. The lowest BCUT2D eigenvalue weighted by Crippen LogP contribution is -2.01. The Kier molecular flexibility index (Phi) is 4.92. The molecule has 4 rings (SSSR count). The van der Waals surface area contributed by atoms with Crippen molar-refractivity contribution >= 4 is 10.8 Å². The van der Waals surface area contributed by atoms with Gasteiger partial charge in [-0.25, -0.2) is 0 Å². The third-order valence-electron chi connectivity index (χ3n) is 4.55. The zero-order valence-corrected chi connectivity index (χ0v) is 14.6. The summed E-state index contributed by atoms with van der Waals surface area (Å²) in [7, 11) is 0. The van der Waals surface area contributed by atoms with Gasteiger partial charge in [0.15, 0.2) is 0 Å². The van der Waals surface area contributed by atoms with Gasteiger partial charge in [-0.15, -0.1) is 0 Å². The molecule has 2 heteroatoms. The van der Waals surface area contributed by atoms with Crippen molar-refractivity contribution in [2.75, 3.05) is 6.61 Å². The highest BCUT2D eigenvalue weighted by molar-refractivity contribution is 5.84. The van der Waals surface area contributed by atoms with Gasteiger partial charge in [-0.05, 0) is 34.7 Å². The number of hydrogen-bond donors (Lipinski definition) is 0. The molecule has 0 bridgehead atoms. The predicted octanol–water partition coefficient (Wildman–Crippen LogP) is 5.45. The minimum Gasteiger partial charge on any atom is -0.493 e. The van der Waals surface area contributed by atoms with Crippen molar-refractivity contribution in [3.8, 4) is 5.75 Å². The van der Waals surface area contributed by atoms with Gasteiger partial charge in [0.1, 0.15) is 5.75 Å². The van der Waals surface area contributed by atoms with Crippen LogP contribution < -0.4 is 4.74 Å². The van der Waals surface area contributed by atoms with E-state index < -0.39 is 0 Å². The first-order chi connectivity index (χ1) is 12.9. The quantitative estimate of drug-likeness (QED) is 0.466. The van der Waals surface area contributed by atoms with Crippen molar-refractivity contribution in [2.45, 2.75) is 12.8 Å². The van der Waals surface area contributed by atoms with Gasteiger partial charge < -0.3 is 4.74 Å². The van der Waals surface area contributed by atoms with Gasteiger partial charge in [-0.3, -0.25) is 4.98 Å². The standard InChI is InChI=1S/C24H21NO/c1-2-6-19(7-3-1)15-17-26-22-12-10-20(11-13-22)18-24-23-9-5-4-8-21(23)14-16-25-24/h1-14,16H,15,17-18H2. The fourth-order valence-electron chi connectivity index (χ4n) is 3.15. The molecule has 3 aromatic carbocycles. The number of nitrogens with zero attached hydrogens (tertiary/aromatic N) is 1. The van der Waals surface area contributed by atoms with Crippen LogP contribution >= 0.6 is 0 Å². The highest BCUT2D eigenvalue weighted by atomic mass is 16.5. The van der Waals surface area contributed by atoms with Gasteiger partial charge in [-0.1, -0.05) is 66.7 Å². The molecule has 1 heterocycles. The molecule has 0 N–H and O–H groups in total. The van der Waals surface area contributed by atoms with Crippen molar-refractivity contribution in [3.05, 3.63) is 108 Å². The van der Waals surface area contributed by atoms with Crippen LogP contribution in [0.1, 0.15) is 16.8 Å². The topological polar surface area (TPSA) is 22.1 Å². The average Bonchev–Trinajstić information content (AvgIpc) is 2.70. The molecule has 0 atom stereocenters. The summed E-state index contributed by atoms with van der Waals surface area (Å²) >= 11 is 0. The zero-order valence-electron chi connectivity index (χ0n) is 14.6. The molecule has 0 saturated heterocycles. The Morgan fingerprint density at radius 2 is 1.46 bits per heavy atom.